The van der Waals surface area contributed by atoms with E-state index in [4.69, 9.17) is 9.47 Å². The number of nitrogens with one attached hydrogen (secondary N) is 1. The smallest absolute Gasteiger partial charge is 0.410 e. The SMILES string of the molecule is CCCCC(C(=O)NO)N(CCC(=O)N1CCC(N(C)C(=O)OC(C)(C)C)CC1)S(=O)(=O)c1ccc(OC)cc1. The molecular weight excluding hydrogens is 540 g/mol. The van der Waals surface area contributed by atoms with Crippen molar-refractivity contribution in [3.05, 3.63) is 24.3 Å². The van der Waals surface area contributed by atoms with Gasteiger partial charge in [0, 0.05) is 39.1 Å². The van der Waals surface area contributed by atoms with Crippen LogP contribution in [0.25, 0.3) is 0 Å². The number of hydroxylamine groups is 1. The summed E-state index contributed by atoms with van der Waals surface area (Å²) < 4.78 is 38.9. The van der Waals surface area contributed by atoms with Gasteiger partial charge in [-0.15, -0.1) is 0 Å². The molecule has 3 amide bonds. The van der Waals surface area contributed by atoms with Crippen LogP contribution in [0.5, 0.6) is 5.75 Å². The molecule has 1 atom stereocenters. The van der Waals surface area contributed by atoms with Gasteiger partial charge in [0.2, 0.25) is 15.9 Å². The quantitative estimate of drug-likeness (QED) is 0.282. The van der Waals surface area contributed by atoms with E-state index in [0.717, 1.165) is 4.31 Å². The van der Waals surface area contributed by atoms with Crippen LogP contribution in [0.1, 0.15) is 66.2 Å². The first-order valence-electron chi connectivity index (χ1n) is 13.6. The monoisotopic (exact) mass is 584 g/mol. The molecule has 1 aliphatic rings. The maximum atomic E-state index is 13.7. The Morgan fingerprint density at radius 3 is 2.25 bits per heavy atom. The fourth-order valence-electron chi connectivity index (χ4n) is 4.55. The van der Waals surface area contributed by atoms with Crippen molar-refractivity contribution in [3.8, 4) is 5.75 Å². The van der Waals surface area contributed by atoms with Crippen molar-refractivity contribution in [3.63, 3.8) is 0 Å². The number of nitrogens with zero attached hydrogens (tertiary/aromatic N) is 3. The van der Waals surface area contributed by atoms with Crippen molar-refractivity contribution in [2.75, 3.05) is 33.8 Å². The minimum Gasteiger partial charge on any atom is -0.497 e. The molecule has 1 aromatic rings. The molecule has 1 aliphatic heterocycles. The maximum absolute atomic E-state index is 13.7. The number of hydrogen-bond acceptors (Lipinski definition) is 8. The van der Waals surface area contributed by atoms with Crippen LogP contribution in [0.4, 0.5) is 4.79 Å². The summed E-state index contributed by atoms with van der Waals surface area (Å²) in [4.78, 5) is 41.3. The van der Waals surface area contributed by atoms with E-state index in [1.165, 1.54) is 31.4 Å². The average molecular weight is 585 g/mol. The van der Waals surface area contributed by atoms with Crippen LogP contribution in [-0.2, 0) is 24.3 Å². The molecule has 13 heteroatoms. The molecule has 1 aromatic carbocycles. The van der Waals surface area contributed by atoms with Gasteiger partial charge in [-0.3, -0.25) is 14.8 Å². The van der Waals surface area contributed by atoms with Gasteiger partial charge in [-0.2, -0.15) is 4.31 Å². The largest absolute Gasteiger partial charge is 0.497 e. The lowest BCUT2D eigenvalue weighted by molar-refractivity contribution is -0.135. The summed E-state index contributed by atoms with van der Waals surface area (Å²) in [5.41, 5.74) is 0.974. The number of amides is 3. The predicted molar refractivity (Wildman–Crippen MR) is 148 cm³/mol. The highest BCUT2D eigenvalue weighted by Gasteiger charge is 2.37. The van der Waals surface area contributed by atoms with Gasteiger partial charge in [0.1, 0.15) is 17.4 Å². The Morgan fingerprint density at radius 2 is 1.75 bits per heavy atom. The number of rotatable bonds is 12. The third-order valence-electron chi connectivity index (χ3n) is 6.85. The molecule has 2 rings (SSSR count). The number of methoxy groups -OCH3 is 1. The normalized spacial score (nSPS) is 15.4. The molecular formula is C27H44N4O8S. The lowest BCUT2D eigenvalue weighted by atomic mass is 10.0. The molecule has 0 bridgehead atoms. The first kappa shape index (κ1) is 33.3. The molecule has 1 unspecified atom stereocenters. The molecule has 226 valence electrons. The summed E-state index contributed by atoms with van der Waals surface area (Å²) in [7, 11) is -1.06. The Labute approximate surface area is 237 Å². The van der Waals surface area contributed by atoms with Crippen LogP contribution < -0.4 is 10.2 Å². The molecule has 2 N–H and O–H groups in total. The van der Waals surface area contributed by atoms with Crippen LogP contribution in [0.15, 0.2) is 29.2 Å². The van der Waals surface area contributed by atoms with Crippen molar-refractivity contribution in [1.29, 1.82) is 0 Å². The maximum Gasteiger partial charge on any atom is 0.410 e. The van der Waals surface area contributed by atoms with Crippen LogP contribution in [-0.4, -0.2) is 97.1 Å². The van der Waals surface area contributed by atoms with E-state index < -0.39 is 33.7 Å². The second-order valence-corrected chi connectivity index (χ2v) is 12.8. The van der Waals surface area contributed by atoms with E-state index >= 15 is 0 Å². The topological polar surface area (TPSA) is 146 Å². The zero-order valence-corrected chi connectivity index (χ0v) is 25.2. The van der Waals surface area contributed by atoms with Crippen LogP contribution in [0, 0.1) is 0 Å². The Bertz CT molecular complexity index is 1100. The lowest BCUT2D eigenvalue weighted by Gasteiger charge is -2.37. The predicted octanol–water partition coefficient (Wildman–Crippen LogP) is 3.00. The molecule has 1 fully saturated rings. The van der Waals surface area contributed by atoms with E-state index in [-0.39, 0.29) is 36.2 Å². The van der Waals surface area contributed by atoms with E-state index in [0.29, 0.717) is 44.5 Å². The van der Waals surface area contributed by atoms with Gasteiger partial charge in [0.25, 0.3) is 5.91 Å². The second-order valence-electron chi connectivity index (χ2n) is 10.9. The molecule has 0 radical (unpaired) electrons. The van der Waals surface area contributed by atoms with E-state index in [9.17, 15) is 28.0 Å². The van der Waals surface area contributed by atoms with Crippen LogP contribution in [0.3, 0.4) is 0 Å². The molecule has 0 saturated carbocycles. The molecule has 0 spiro atoms. The molecule has 1 saturated heterocycles. The second kappa shape index (κ2) is 14.6. The van der Waals surface area contributed by atoms with Gasteiger partial charge in [-0.25, -0.2) is 18.7 Å². The summed E-state index contributed by atoms with van der Waals surface area (Å²) in [6.45, 7) is 7.87. The van der Waals surface area contributed by atoms with Gasteiger partial charge in [0.15, 0.2) is 0 Å². The van der Waals surface area contributed by atoms with Gasteiger partial charge < -0.3 is 19.3 Å². The van der Waals surface area contributed by atoms with Gasteiger partial charge in [-0.05, 0) is 64.3 Å². The van der Waals surface area contributed by atoms with Crippen molar-refractivity contribution in [1.82, 2.24) is 19.6 Å². The Balaban J connectivity index is 2.16. The fraction of sp³-hybridized carbons (Fsp3) is 0.667. The highest BCUT2D eigenvalue weighted by molar-refractivity contribution is 7.89. The van der Waals surface area contributed by atoms with Crippen LogP contribution >= 0.6 is 0 Å². The van der Waals surface area contributed by atoms with Crippen molar-refractivity contribution in [2.45, 2.75) is 88.8 Å². The number of sulfonamides is 1. The average Bonchev–Trinajstić information content (AvgIpc) is 2.92. The van der Waals surface area contributed by atoms with Gasteiger partial charge >= 0.3 is 6.09 Å². The van der Waals surface area contributed by atoms with Gasteiger partial charge in [-0.1, -0.05) is 19.8 Å². The summed E-state index contributed by atoms with van der Waals surface area (Å²) in [6.07, 6.45) is 1.97. The van der Waals surface area contributed by atoms with Crippen molar-refractivity contribution >= 4 is 27.9 Å². The lowest BCUT2D eigenvalue weighted by Crippen LogP contribution is -2.51. The van der Waals surface area contributed by atoms with Gasteiger partial charge in [0.05, 0.1) is 12.0 Å². The Kier molecular flexibility index (Phi) is 12.2. The highest BCUT2D eigenvalue weighted by Crippen LogP contribution is 2.25. The number of carbonyl (C=O) groups is 3. The summed E-state index contributed by atoms with van der Waals surface area (Å²) in [6, 6.07) is 4.48. The van der Waals surface area contributed by atoms with Crippen LogP contribution in [0.2, 0.25) is 0 Å². The molecule has 40 heavy (non-hydrogen) atoms. The Hall–Kier alpha value is -2.90. The van der Waals surface area contributed by atoms with E-state index in [1.807, 2.05) is 6.92 Å². The molecule has 0 aliphatic carbocycles. The number of benzene rings is 1. The minimum absolute atomic E-state index is 0.0565. The molecule has 1 heterocycles. The van der Waals surface area contributed by atoms with E-state index in [2.05, 4.69) is 0 Å². The standard InChI is InChI=1S/C27H44N4O8S/c1-7-8-9-23(25(33)28-35)31(40(36,37)22-12-10-21(38-6)11-13-22)19-16-24(32)30-17-14-20(15-18-30)29(5)26(34)39-27(2,3)4/h10-13,20,23,35H,7-9,14-19H2,1-6H3,(H,28,33). The third kappa shape index (κ3) is 9.07. The summed E-state index contributed by atoms with van der Waals surface area (Å²) in [5.74, 6) is -0.645. The van der Waals surface area contributed by atoms with E-state index in [1.54, 1.807) is 43.1 Å². The number of unbranched alkanes of at least 4 members (excludes halogenated alkanes) is 1. The van der Waals surface area contributed by atoms with Crippen molar-refractivity contribution < 1.29 is 37.5 Å². The van der Waals surface area contributed by atoms with Crippen molar-refractivity contribution in [2.24, 2.45) is 0 Å². The third-order valence-corrected chi connectivity index (χ3v) is 8.77. The molecule has 0 aromatic heterocycles. The highest BCUT2D eigenvalue weighted by atomic mass is 32.2. The molecule has 12 nitrogen and oxygen atoms in total. The zero-order chi connectivity index (χ0) is 30.1. The Morgan fingerprint density at radius 1 is 1.15 bits per heavy atom. The first-order chi connectivity index (χ1) is 18.7. The number of likely N-dealkylation sites (tertiary alicyclic amines) is 1. The number of carbonyl (C=O) groups excluding carboxylic acids is 3. The summed E-state index contributed by atoms with van der Waals surface area (Å²) in [5, 5.41) is 9.36. The fourth-order valence-corrected chi connectivity index (χ4v) is 6.17. The number of hydrogen-bond donors (Lipinski definition) is 2. The first-order valence-corrected chi connectivity index (χ1v) is 15.0. The zero-order valence-electron chi connectivity index (χ0n) is 24.4. The minimum atomic E-state index is -4.20. The summed E-state index contributed by atoms with van der Waals surface area (Å²) >= 11 is 0. The number of ether oxygens (including phenoxy) is 2. The number of piperidine rings is 1.